The fraction of sp³-hybridized carbons (Fsp3) is 1.00. The molecule has 0 aliphatic rings. The molecule has 0 amide bonds. The number of hydrogen-bond donors (Lipinski definition) is 6. The first-order valence-corrected chi connectivity index (χ1v) is 2.95. The van der Waals surface area contributed by atoms with Crippen molar-refractivity contribution >= 4 is 0 Å². The maximum atomic E-state index is 5.57. The first kappa shape index (κ1) is 9.76. The highest BCUT2D eigenvalue weighted by atomic mass is 15.2. The summed E-state index contributed by atoms with van der Waals surface area (Å²) in [4.78, 5) is 0. The van der Waals surface area contributed by atoms with Crippen LogP contribution in [-0.2, 0) is 0 Å². The van der Waals surface area contributed by atoms with Crippen LogP contribution in [0.3, 0.4) is 0 Å². The molecular formula is C4H16N6. The minimum Gasteiger partial charge on any atom is -0.313 e. The van der Waals surface area contributed by atoms with Gasteiger partial charge in [0.15, 0.2) is 0 Å². The molecule has 0 radical (unpaired) electrons. The molecule has 0 rings (SSSR count). The Hall–Kier alpha value is -0.240. The van der Waals surface area contributed by atoms with Crippen LogP contribution < -0.4 is 34.0 Å². The van der Waals surface area contributed by atoms with Gasteiger partial charge >= 0.3 is 0 Å². The lowest BCUT2D eigenvalue weighted by molar-refractivity contribution is 0.246. The Labute approximate surface area is 60.1 Å². The molecule has 11 N–H and O–H groups in total. The highest BCUT2D eigenvalue weighted by Gasteiger charge is 2.32. The number of likely N-dealkylation sites (N-methyl/N-ethyl adjacent to an activating group) is 1. The summed E-state index contributed by atoms with van der Waals surface area (Å²) in [5.41, 5.74) is 25.7. The van der Waals surface area contributed by atoms with Crippen LogP contribution in [0.1, 0.15) is 0 Å². The van der Waals surface area contributed by atoms with Gasteiger partial charge in [-0.1, -0.05) is 0 Å². The van der Waals surface area contributed by atoms with Gasteiger partial charge in [-0.3, -0.25) is 5.32 Å². The molecule has 0 heterocycles. The Morgan fingerprint density at radius 2 is 1.40 bits per heavy atom. The largest absolute Gasteiger partial charge is 0.313 e. The normalized spacial score (nSPS) is 13.2. The summed E-state index contributed by atoms with van der Waals surface area (Å²) in [6.07, 6.45) is -1.56. The topological polar surface area (TPSA) is 142 Å². The molecule has 0 aliphatic heterocycles. The van der Waals surface area contributed by atoms with E-state index >= 15 is 0 Å². The second kappa shape index (κ2) is 3.24. The van der Waals surface area contributed by atoms with Crippen molar-refractivity contribution in [2.24, 2.45) is 28.7 Å². The third-order valence-electron chi connectivity index (χ3n) is 1.54. The van der Waals surface area contributed by atoms with E-state index in [1.807, 2.05) is 0 Å². The number of nitrogens with two attached hydrogens (primary N) is 5. The van der Waals surface area contributed by atoms with Crippen molar-refractivity contribution in [1.29, 1.82) is 0 Å². The average Bonchev–Trinajstić information content (AvgIpc) is 1.85. The summed E-state index contributed by atoms with van der Waals surface area (Å²) in [6, 6.07) is 0. The Balaban J connectivity index is 4.23. The second-order valence-corrected chi connectivity index (χ2v) is 2.23. The van der Waals surface area contributed by atoms with Gasteiger partial charge in [0.1, 0.15) is 5.66 Å². The van der Waals surface area contributed by atoms with Crippen molar-refractivity contribution < 1.29 is 0 Å². The molecule has 6 heteroatoms. The summed E-state index contributed by atoms with van der Waals surface area (Å²) in [5.74, 6) is 0. The smallest absolute Gasteiger partial charge is 0.124 e. The lowest BCUT2D eigenvalue weighted by atomic mass is 10.1. The Morgan fingerprint density at radius 1 is 1.10 bits per heavy atom. The lowest BCUT2D eigenvalue weighted by Crippen LogP contribution is -2.77. The fourth-order valence-corrected chi connectivity index (χ4v) is 0.556. The summed E-state index contributed by atoms with van der Waals surface area (Å²) >= 11 is 0. The molecular weight excluding hydrogens is 132 g/mol. The molecule has 0 aromatic heterocycles. The van der Waals surface area contributed by atoms with E-state index in [0.29, 0.717) is 0 Å². The highest BCUT2D eigenvalue weighted by Crippen LogP contribution is 1.95. The first-order chi connectivity index (χ1) is 4.45. The van der Waals surface area contributed by atoms with Gasteiger partial charge < -0.3 is 28.7 Å². The molecule has 0 saturated carbocycles. The molecule has 10 heavy (non-hydrogen) atoms. The quantitative estimate of drug-likeness (QED) is 0.228. The van der Waals surface area contributed by atoms with E-state index in [0.717, 1.165) is 0 Å². The Bertz CT molecular complexity index is 91.9. The predicted octanol–water partition coefficient (Wildman–Crippen LogP) is -3.65. The zero-order valence-electron chi connectivity index (χ0n) is 6.04. The van der Waals surface area contributed by atoms with Crippen LogP contribution in [0.2, 0.25) is 0 Å². The van der Waals surface area contributed by atoms with E-state index in [2.05, 4.69) is 5.32 Å². The molecule has 0 unspecified atom stereocenters. The minimum absolute atomic E-state index is 0.780. The third kappa shape index (κ3) is 1.63. The van der Waals surface area contributed by atoms with E-state index < -0.39 is 18.0 Å². The van der Waals surface area contributed by atoms with Gasteiger partial charge in [-0.2, -0.15) is 0 Å². The van der Waals surface area contributed by atoms with Crippen molar-refractivity contribution in [3.05, 3.63) is 0 Å². The van der Waals surface area contributed by atoms with E-state index in [1.165, 1.54) is 0 Å². The molecule has 6 nitrogen and oxygen atoms in total. The molecule has 0 saturated heterocycles. The number of rotatable bonds is 3. The van der Waals surface area contributed by atoms with Crippen LogP contribution in [0.5, 0.6) is 0 Å². The van der Waals surface area contributed by atoms with Gasteiger partial charge in [0, 0.05) is 0 Å². The van der Waals surface area contributed by atoms with Crippen molar-refractivity contribution in [1.82, 2.24) is 5.32 Å². The van der Waals surface area contributed by atoms with Crippen LogP contribution in [-0.4, -0.2) is 25.0 Å². The van der Waals surface area contributed by atoms with Crippen LogP contribution in [0.15, 0.2) is 0 Å². The summed E-state index contributed by atoms with van der Waals surface area (Å²) < 4.78 is 0. The van der Waals surface area contributed by atoms with Crippen LogP contribution >= 0.6 is 0 Å². The molecule has 0 atom stereocenters. The summed E-state index contributed by atoms with van der Waals surface area (Å²) in [7, 11) is 1.60. The number of nitrogens with one attached hydrogen (secondary N) is 1. The predicted molar refractivity (Wildman–Crippen MR) is 40.3 cm³/mol. The van der Waals surface area contributed by atoms with Crippen molar-refractivity contribution in [2.75, 3.05) is 7.05 Å². The van der Waals surface area contributed by atoms with Gasteiger partial charge in [0.2, 0.25) is 0 Å². The van der Waals surface area contributed by atoms with Gasteiger partial charge in [0.25, 0.3) is 0 Å². The minimum atomic E-state index is -1.10. The Morgan fingerprint density at radius 3 is 1.40 bits per heavy atom. The van der Waals surface area contributed by atoms with Crippen molar-refractivity contribution in [3.63, 3.8) is 0 Å². The SMILES string of the molecule is CNC(N)(C(N)N)C(N)N. The molecule has 0 aliphatic carbocycles. The third-order valence-corrected chi connectivity index (χ3v) is 1.54. The standard InChI is InChI=1S/C4H16N6/c1-10-4(9,2(5)6)3(7)8/h2-3,10H,5-9H2,1H3. The van der Waals surface area contributed by atoms with Gasteiger partial charge in [0.05, 0.1) is 12.3 Å². The van der Waals surface area contributed by atoms with E-state index in [-0.39, 0.29) is 0 Å². The molecule has 0 bridgehead atoms. The van der Waals surface area contributed by atoms with Crippen molar-refractivity contribution in [2.45, 2.75) is 18.0 Å². The van der Waals surface area contributed by atoms with Crippen LogP contribution in [0, 0.1) is 0 Å². The lowest BCUT2D eigenvalue weighted by Gasteiger charge is -2.35. The van der Waals surface area contributed by atoms with E-state index in [4.69, 9.17) is 28.7 Å². The van der Waals surface area contributed by atoms with Crippen LogP contribution in [0.25, 0.3) is 0 Å². The average molecular weight is 148 g/mol. The van der Waals surface area contributed by atoms with E-state index in [9.17, 15) is 0 Å². The second-order valence-electron chi connectivity index (χ2n) is 2.23. The van der Waals surface area contributed by atoms with Gasteiger partial charge in [-0.05, 0) is 7.05 Å². The van der Waals surface area contributed by atoms with Crippen molar-refractivity contribution in [3.8, 4) is 0 Å². The maximum absolute atomic E-state index is 5.57. The molecule has 0 aromatic rings. The molecule has 0 aromatic carbocycles. The maximum Gasteiger partial charge on any atom is 0.124 e. The highest BCUT2D eigenvalue weighted by molar-refractivity contribution is 4.93. The zero-order chi connectivity index (χ0) is 8.36. The molecule has 62 valence electrons. The Kier molecular flexibility index (Phi) is 3.16. The first-order valence-electron chi connectivity index (χ1n) is 2.95. The monoisotopic (exact) mass is 148 g/mol. The summed E-state index contributed by atoms with van der Waals surface area (Å²) in [6.45, 7) is 0. The molecule has 0 spiro atoms. The van der Waals surface area contributed by atoms with Gasteiger partial charge in [-0.25, -0.2) is 0 Å². The van der Waals surface area contributed by atoms with E-state index in [1.54, 1.807) is 7.05 Å². The molecule has 0 fully saturated rings. The number of hydrogen-bond acceptors (Lipinski definition) is 6. The van der Waals surface area contributed by atoms with Crippen LogP contribution in [0.4, 0.5) is 0 Å². The van der Waals surface area contributed by atoms with Gasteiger partial charge in [-0.15, -0.1) is 0 Å². The summed E-state index contributed by atoms with van der Waals surface area (Å²) in [5, 5.41) is 2.66. The zero-order valence-corrected chi connectivity index (χ0v) is 6.04. The fourth-order valence-electron chi connectivity index (χ4n) is 0.556.